The molecule has 0 spiro atoms. The number of esters is 1. The van der Waals surface area contributed by atoms with Crippen molar-refractivity contribution < 1.29 is 23.9 Å². The number of nitriles is 1. The molecule has 4 rings (SSSR count). The number of nitro benzene ring substituents is 1. The zero-order valence-corrected chi connectivity index (χ0v) is 18.1. The number of non-ortho nitro benzene ring substituents is 1. The predicted molar refractivity (Wildman–Crippen MR) is 121 cm³/mol. The number of allylic oxidation sites excluding steroid dienone is 1. The smallest absolute Gasteiger partial charge is 0.315 e. The number of carbonyl (C=O) groups excluding carboxylic acids is 1. The van der Waals surface area contributed by atoms with Crippen LogP contribution in [-0.4, -0.2) is 18.0 Å². The fourth-order valence-corrected chi connectivity index (χ4v) is 3.71. The Bertz CT molecular complexity index is 1320. The average Bonchev–Trinajstić information content (AvgIpc) is 2.83. The van der Waals surface area contributed by atoms with E-state index in [2.05, 4.69) is 6.07 Å². The third-order valence-corrected chi connectivity index (χ3v) is 5.37. The first-order chi connectivity index (χ1) is 16.4. The number of nitro groups is 1. The van der Waals surface area contributed by atoms with Crippen LogP contribution in [0.25, 0.3) is 0 Å². The van der Waals surface area contributed by atoms with Crippen molar-refractivity contribution in [1.29, 1.82) is 5.26 Å². The van der Waals surface area contributed by atoms with Gasteiger partial charge in [0, 0.05) is 23.8 Å². The molecule has 1 aliphatic rings. The normalized spacial score (nSPS) is 14.4. The van der Waals surface area contributed by atoms with Gasteiger partial charge in [0.25, 0.3) is 5.69 Å². The maximum Gasteiger partial charge on any atom is 0.315 e. The number of nitrogens with zero attached hydrogens (tertiary/aromatic N) is 2. The summed E-state index contributed by atoms with van der Waals surface area (Å²) in [5.74, 6) is 0.143. The highest BCUT2D eigenvalue weighted by Gasteiger charge is 2.31. The molecule has 2 N–H and O–H groups in total. The van der Waals surface area contributed by atoms with Crippen molar-refractivity contribution in [2.75, 3.05) is 7.11 Å². The number of nitrogens with two attached hydrogens (primary N) is 1. The van der Waals surface area contributed by atoms with E-state index in [4.69, 9.17) is 19.9 Å². The Hall–Kier alpha value is -4.84. The third-order valence-electron chi connectivity index (χ3n) is 5.37. The summed E-state index contributed by atoms with van der Waals surface area (Å²) in [6.45, 7) is 0. The minimum Gasteiger partial charge on any atom is -0.497 e. The molecule has 0 aliphatic carbocycles. The summed E-state index contributed by atoms with van der Waals surface area (Å²) >= 11 is 0. The van der Waals surface area contributed by atoms with Gasteiger partial charge in [-0.2, -0.15) is 5.26 Å². The summed E-state index contributed by atoms with van der Waals surface area (Å²) in [4.78, 5) is 22.9. The van der Waals surface area contributed by atoms with Crippen molar-refractivity contribution in [3.63, 3.8) is 0 Å². The lowest BCUT2D eigenvalue weighted by Gasteiger charge is -2.26. The van der Waals surface area contributed by atoms with Gasteiger partial charge in [-0.25, -0.2) is 0 Å². The summed E-state index contributed by atoms with van der Waals surface area (Å²) in [6, 6.07) is 19.8. The van der Waals surface area contributed by atoms with Crippen molar-refractivity contribution in [2.24, 2.45) is 5.73 Å². The molecule has 3 aromatic carbocycles. The molecule has 0 radical (unpaired) electrons. The molecule has 0 bridgehead atoms. The SMILES string of the molecule is COc1ccc(CC(=O)Oc2ccc3c(c2)OC(N)=C(C#N)C3c2ccc([N+](=O)[O-])cc2)cc1. The lowest BCUT2D eigenvalue weighted by Crippen LogP contribution is -2.21. The quantitative estimate of drug-likeness (QED) is 0.254. The van der Waals surface area contributed by atoms with Gasteiger partial charge in [-0.05, 0) is 29.3 Å². The van der Waals surface area contributed by atoms with E-state index in [1.807, 2.05) is 0 Å². The van der Waals surface area contributed by atoms with Crippen LogP contribution in [0, 0.1) is 21.4 Å². The molecule has 3 aromatic rings. The van der Waals surface area contributed by atoms with Crippen molar-refractivity contribution in [1.82, 2.24) is 0 Å². The van der Waals surface area contributed by atoms with Crippen LogP contribution in [0.4, 0.5) is 5.69 Å². The van der Waals surface area contributed by atoms with E-state index in [9.17, 15) is 20.2 Å². The summed E-state index contributed by atoms with van der Waals surface area (Å²) in [6.07, 6.45) is 0.0635. The minimum absolute atomic E-state index is 0.0635. The van der Waals surface area contributed by atoms with Crippen LogP contribution in [0.5, 0.6) is 17.2 Å². The Morgan fingerprint density at radius 3 is 2.41 bits per heavy atom. The van der Waals surface area contributed by atoms with Crippen molar-refractivity contribution >= 4 is 11.7 Å². The van der Waals surface area contributed by atoms with Crippen LogP contribution in [0.1, 0.15) is 22.6 Å². The maximum atomic E-state index is 12.4. The number of hydrogen-bond donors (Lipinski definition) is 1. The van der Waals surface area contributed by atoms with Crippen LogP contribution in [0.2, 0.25) is 0 Å². The first-order valence-electron chi connectivity index (χ1n) is 10.2. The number of fused-ring (bicyclic) bond motifs is 1. The number of carbonyl (C=O) groups is 1. The van der Waals surface area contributed by atoms with Gasteiger partial charge in [0.15, 0.2) is 0 Å². The molecule has 1 atom stereocenters. The summed E-state index contributed by atoms with van der Waals surface area (Å²) in [5.41, 5.74) is 8.14. The van der Waals surface area contributed by atoms with Gasteiger partial charge in [-0.15, -0.1) is 0 Å². The molecule has 9 nitrogen and oxygen atoms in total. The summed E-state index contributed by atoms with van der Waals surface area (Å²) < 4.78 is 16.2. The molecule has 1 unspecified atom stereocenters. The molecule has 0 aromatic heterocycles. The number of methoxy groups -OCH3 is 1. The van der Waals surface area contributed by atoms with E-state index < -0.39 is 16.8 Å². The van der Waals surface area contributed by atoms with E-state index in [1.165, 1.54) is 18.2 Å². The van der Waals surface area contributed by atoms with E-state index in [-0.39, 0.29) is 29.3 Å². The van der Waals surface area contributed by atoms with E-state index in [1.54, 1.807) is 55.6 Å². The fourth-order valence-electron chi connectivity index (χ4n) is 3.71. The van der Waals surface area contributed by atoms with Crippen molar-refractivity contribution in [3.8, 4) is 23.3 Å². The van der Waals surface area contributed by atoms with Crippen LogP contribution in [-0.2, 0) is 11.2 Å². The Morgan fingerprint density at radius 2 is 1.79 bits per heavy atom. The summed E-state index contributed by atoms with van der Waals surface area (Å²) in [7, 11) is 1.56. The molecule has 9 heteroatoms. The Morgan fingerprint density at radius 1 is 1.12 bits per heavy atom. The second-order valence-corrected chi connectivity index (χ2v) is 7.47. The second kappa shape index (κ2) is 9.34. The molecule has 1 aliphatic heterocycles. The first kappa shape index (κ1) is 22.4. The highest BCUT2D eigenvalue weighted by atomic mass is 16.6. The lowest BCUT2D eigenvalue weighted by molar-refractivity contribution is -0.384. The zero-order valence-electron chi connectivity index (χ0n) is 18.1. The number of hydrogen-bond acceptors (Lipinski definition) is 8. The lowest BCUT2D eigenvalue weighted by atomic mass is 9.83. The summed E-state index contributed by atoms with van der Waals surface area (Å²) in [5, 5.41) is 20.6. The van der Waals surface area contributed by atoms with Gasteiger partial charge >= 0.3 is 5.97 Å². The predicted octanol–water partition coefficient (Wildman–Crippen LogP) is 3.97. The van der Waals surface area contributed by atoms with E-state index >= 15 is 0 Å². The fraction of sp³-hybridized carbons (Fsp3) is 0.120. The zero-order chi connectivity index (χ0) is 24.2. The van der Waals surface area contributed by atoms with Gasteiger partial charge in [-0.1, -0.05) is 30.3 Å². The van der Waals surface area contributed by atoms with Crippen molar-refractivity contribution in [2.45, 2.75) is 12.3 Å². The standard InChI is InChI=1S/C25H19N3O6/c1-32-18-8-2-15(3-9-18)12-23(29)33-19-10-11-20-22(13-19)34-25(27)21(14-26)24(20)16-4-6-17(7-5-16)28(30)31/h2-11,13,24H,12,27H2,1H3. The molecule has 170 valence electrons. The highest BCUT2D eigenvalue weighted by Crippen LogP contribution is 2.43. The average molecular weight is 457 g/mol. The van der Waals surface area contributed by atoms with Crippen LogP contribution in [0.3, 0.4) is 0 Å². The van der Waals surface area contributed by atoms with E-state index in [0.29, 0.717) is 22.6 Å². The van der Waals surface area contributed by atoms with E-state index in [0.717, 1.165) is 5.56 Å². The van der Waals surface area contributed by atoms with Gasteiger partial charge in [0.05, 0.1) is 24.4 Å². The molecule has 34 heavy (non-hydrogen) atoms. The highest BCUT2D eigenvalue weighted by molar-refractivity contribution is 5.75. The maximum absolute atomic E-state index is 12.4. The second-order valence-electron chi connectivity index (χ2n) is 7.47. The Labute approximate surface area is 194 Å². The molecule has 0 fully saturated rings. The topological polar surface area (TPSA) is 138 Å². The third kappa shape index (κ3) is 4.52. The van der Waals surface area contributed by atoms with Gasteiger partial charge in [0.2, 0.25) is 5.88 Å². The molecule has 0 amide bonds. The molecule has 0 saturated heterocycles. The molecular formula is C25H19N3O6. The monoisotopic (exact) mass is 457 g/mol. The molecule has 0 saturated carbocycles. The van der Waals surface area contributed by atoms with Gasteiger partial charge < -0.3 is 19.9 Å². The molecule has 1 heterocycles. The Balaban J connectivity index is 1.58. The number of rotatable bonds is 6. The largest absolute Gasteiger partial charge is 0.497 e. The number of benzene rings is 3. The van der Waals surface area contributed by atoms with Crippen LogP contribution >= 0.6 is 0 Å². The van der Waals surface area contributed by atoms with Gasteiger partial charge in [0.1, 0.15) is 28.9 Å². The van der Waals surface area contributed by atoms with Crippen LogP contribution < -0.4 is 19.9 Å². The van der Waals surface area contributed by atoms with Crippen LogP contribution in [0.15, 0.2) is 78.2 Å². The van der Waals surface area contributed by atoms with Gasteiger partial charge in [-0.3, -0.25) is 14.9 Å². The Kier molecular flexibility index (Phi) is 6.14. The minimum atomic E-state index is -0.585. The first-order valence-corrected chi connectivity index (χ1v) is 10.2. The van der Waals surface area contributed by atoms with Crippen molar-refractivity contribution in [3.05, 3.63) is 105 Å². The number of ether oxygens (including phenoxy) is 3. The molecular weight excluding hydrogens is 438 g/mol.